The number of rotatable bonds is 14. The third-order valence-electron chi connectivity index (χ3n) is 4.68. The van der Waals surface area contributed by atoms with Crippen molar-refractivity contribution in [1.29, 1.82) is 0 Å². The van der Waals surface area contributed by atoms with E-state index in [0.717, 1.165) is 0 Å². The first-order valence-electron chi connectivity index (χ1n) is 9.39. The van der Waals surface area contributed by atoms with E-state index >= 15 is 0 Å². The standard InChI is InChI=1S/C19H43P.BrH/c1-6-8-10-12-13-14-15-17-19-20(3,4,5)18-16-11-9-7-2;/h6-19H2,1-5H3;1H. The van der Waals surface area contributed by atoms with E-state index in [1.54, 1.807) is 0 Å². The molecule has 0 saturated carbocycles. The average Bonchev–Trinajstić information content (AvgIpc) is 2.37. The van der Waals surface area contributed by atoms with E-state index in [0.29, 0.717) is 0 Å². The van der Waals surface area contributed by atoms with Crippen LogP contribution in [-0.4, -0.2) is 32.3 Å². The summed E-state index contributed by atoms with van der Waals surface area (Å²) < 4.78 is 0. The molecule has 2 heteroatoms. The molecule has 0 rings (SSSR count). The van der Waals surface area contributed by atoms with Crippen molar-refractivity contribution in [3.05, 3.63) is 0 Å². The van der Waals surface area contributed by atoms with Gasteiger partial charge in [-0.3, -0.25) is 0 Å². The number of hydrogen-bond donors (Lipinski definition) is 0. The first-order chi connectivity index (χ1) is 9.39. The van der Waals surface area contributed by atoms with Crippen LogP contribution in [0.15, 0.2) is 0 Å². The molecule has 0 saturated heterocycles. The van der Waals surface area contributed by atoms with Crippen molar-refractivity contribution in [1.82, 2.24) is 0 Å². The van der Waals surface area contributed by atoms with E-state index in [-0.39, 0.29) is 17.0 Å². The van der Waals surface area contributed by atoms with Crippen LogP contribution in [0.4, 0.5) is 0 Å². The van der Waals surface area contributed by atoms with E-state index in [1.807, 2.05) is 0 Å². The Kier molecular flexibility index (Phi) is 15.4. The number of unbranched alkanes of at least 4 members (excludes halogenated alkanes) is 10. The summed E-state index contributed by atoms with van der Waals surface area (Å²) in [5, 5.41) is 0. The molecule has 0 aromatic rings. The molecule has 0 fully saturated rings. The van der Waals surface area contributed by atoms with Crippen LogP contribution in [0, 0.1) is 0 Å². The van der Waals surface area contributed by atoms with E-state index < -0.39 is 6.60 Å². The first kappa shape index (κ1) is 24.2. The van der Waals surface area contributed by atoms with Crippen molar-refractivity contribution in [3.8, 4) is 0 Å². The van der Waals surface area contributed by atoms with Gasteiger partial charge in [-0.05, 0) is 0 Å². The predicted octanol–water partition coefficient (Wildman–Crippen LogP) is 7.73. The zero-order chi connectivity index (χ0) is 15.3. The summed E-state index contributed by atoms with van der Waals surface area (Å²) in [4.78, 5) is 0. The van der Waals surface area contributed by atoms with Crippen LogP contribution in [0.3, 0.4) is 0 Å². The molecule has 0 aliphatic carbocycles. The zero-order valence-electron chi connectivity index (χ0n) is 15.8. The van der Waals surface area contributed by atoms with Crippen molar-refractivity contribution >= 4 is 23.6 Å². The van der Waals surface area contributed by atoms with Crippen LogP contribution in [0.2, 0.25) is 0 Å². The van der Waals surface area contributed by atoms with Crippen molar-refractivity contribution < 1.29 is 0 Å². The van der Waals surface area contributed by atoms with Gasteiger partial charge in [-0.25, -0.2) is 0 Å². The van der Waals surface area contributed by atoms with Gasteiger partial charge >= 0.3 is 130 Å². The van der Waals surface area contributed by atoms with Crippen LogP contribution in [-0.2, 0) is 0 Å². The fraction of sp³-hybridized carbons (Fsp3) is 1.00. The quantitative estimate of drug-likeness (QED) is 0.213. The van der Waals surface area contributed by atoms with Gasteiger partial charge in [0, 0.05) is 0 Å². The summed E-state index contributed by atoms with van der Waals surface area (Å²) in [7, 11) is 0. The SMILES string of the molecule is Br.CCCCCCCCCCP(C)(C)(C)CCCCCC. The molecular weight excluding hydrogens is 339 g/mol. The molecule has 0 aromatic carbocycles. The summed E-state index contributed by atoms with van der Waals surface area (Å²) >= 11 is 0. The van der Waals surface area contributed by atoms with Crippen LogP contribution < -0.4 is 0 Å². The van der Waals surface area contributed by atoms with Gasteiger partial charge in [0.2, 0.25) is 0 Å². The van der Waals surface area contributed by atoms with Crippen LogP contribution in [0.25, 0.3) is 0 Å². The summed E-state index contributed by atoms with van der Waals surface area (Å²) in [6.07, 6.45) is 20.5. The van der Waals surface area contributed by atoms with E-state index in [1.165, 1.54) is 89.4 Å². The fourth-order valence-electron chi connectivity index (χ4n) is 3.07. The maximum absolute atomic E-state index is 2.62. The van der Waals surface area contributed by atoms with Crippen LogP contribution in [0.1, 0.15) is 90.9 Å². The molecule has 0 N–H and O–H groups in total. The molecule has 132 valence electrons. The molecule has 21 heavy (non-hydrogen) atoms. The summed E-state index contributed by atoms with van der Waals surface area (Å²) in [5.41, 5.74) is 0. The Morgan fingerprint density at radius 1 is 0.476 bits per heavy atom. The topological polar surface area (TPSA) is 0 Å². The third-order valence-corrected chi connectivity index (χ3v) is 8.63. The van der Waals surface area contributed by atoms with Gasteiger partial charge in [0.25, 0.3) is 0 Å². The third kappa shape index (κ3) is 17.1. The normalized spacial score (nSPS) is 13.5. The van der Waals surface area contributed by atoms with Gasteiger partial charge in [0.15, 0.2) is 0 Å². The maximum atomic E-state index is 2.62. The Hall–Kier alpha value is 0.910. The summed E-state index contributed by atoms with van der Waals surface area (Å²) in [6.45, 7) is 11.2. The fourth-order valence-corrected chi connectivity index (χ4v) is 6.08. The molecule has 0 aliphatic heterocycles. The Labute approximate surface area is 146 Å². The Balaban J connectivity index is 0. The molecule has 0 aliphatic rings. The first-order valence-corrected chi connectivity index (χ1v) is 13.3. The number of hydrogen-bond acceptors (Lipinski definition) is 0. The minimum absolute atomic E-state index is 0. The van der Waals surface area contributed by atoms with Crippen molar-refractivity contribution in [3.63, 3.8) is 0 Å². The van der Waals surface area contributed by atoms with Crippen molar-refractivity contribution in [2.75, 3.05) is 32.3 Å². The number of halogens is 1. The molecule has 0 heterocycles. The second kappa shape index (κ2) is 13.4. The Morgan fingerprint density at radius 3 is 1.14 bits per heavy atom. The second-order valence-corrected chi connectivity index (χ2v) is 16.3. The summed E-state index contributed by atoms with van der Waals surface area (Å²) in [6, 6.07) is 0. The van der Waals surface area contributed by atoms with E-state index in [4.69, 9.17) is 0 Å². The van der Waals surface area contributed by atoms with Gasteiger partial charge < -0.3 is 0 Å². The molecule has 0 unspecified atom stereocenters. The van der Waals surface area contributed by atoms with Gasteiger partial charge in [-0.15, -0.1) is 17.0 Å². The molecule has 0 aromatic heterocycles. The minimum atomic E-state index is -1.30. The Morgan fingerprint density at radius 2 is 0.762 bits per heavy atom. The molecular formula is C19H44BrP. The molecule has 0 amide bonds. The molecule has 0 spiro atoms. The van der Waals surface area contributed by atoms with Gasteiger partial charge in [0.1, 0.15) is 0 Å². The molecule has 0 nitrogen and oxygen atoms in total. The van der Waals surface area contributed by atoms with Gasteiger partial charge in [-0.2, -0.15) is 0 Å². The molecule has 0 radical (unpaired) electrons. The average molecular weight is 383 g/mol. The van der Waals surface area contributed by atoms with E-state index in [2.05, 4.69) is 33.8 Å². The zero-order valence-corrected chi connectivity index (χ0v) is 18.4. The van der Waals surface area contributed by atoms with E-state index in [9.17, 15) is 0 Å². The van der Waals surface area contributed by atoms with Crippen molar-refractivity contribution in [2.24, 2.45) is 0 Å². The Bertz CT molecular complexity index is 217. The summed E-state index contributed by atoms with van der Waals surface area (Å²) in [5.74, 6) is 0. The van der Waals surface area contributed by atoms with Crippen LogP contribution in [0.5, 0.6) is 0 Å². The molecule has 0 bridgehead atoms. The van der Waals surface area contributed by atoms with Gasteiger partial charge in [-0.1, -0.05) is 0 Å². The van der Waals surface area contributed by atoms with Crippen molar-refractivity contribution in [2.45, 2.75) is 90.9 Å². The van der Waals surface area contributed by atoms with Crippen LogP contribution >= 0.6 is 23.6 Å². The second-order valence-electron chi connectivity index (χ2n) is 8.45. The predicted molar refractivity (Wildman–Crippen MR) is 112 cm³/mol. The molecule has 0 atom stereocenters. The monoisotopic (exact) mass is 382 g/mol. The van der Waals surface area contributed by atoms with Gasteiger partial charge in [0.05, 0.1) is 0 Å².